The Bertz CT molecular complexity index is 177. The highest BCUT2D eigenvalue weighted by molar-refractivity contribution is 4.82. The molecule has 1 unspecified atom stereocenters. The van der Waals surface area contributed by atoms with Crippen LogP contribution in [0.25, 0.3) is 0 Å². The van der Waals surface area contributed by atoms with Gasteiger partial charge < -0.3 is 10.1 Å². The van der Waals surface area contributed by atoms with Gasteiger partial charge in [-0.2, -0.15) is 0 Å². The highest BCUT2D eigenvalue weighted by Crippen LogP contribution is 2.09. The summed E-state index contributed by atoms with van der Waals surface area (Å²) in [7, 11) is 0. The molecular weight excluding hydrogens is 186 g/mol. The zero-order valence-electron chi connectivity index (χ0n) is 10.2. The SMILES string of the molecule is CC(C)CCCCNCC1CCC=CO1. The first-order valence-electron chi connectivity index (χ1n) is 6.30. The number of allylic oxidation sites excluding steroid dienone is 1. The van der Waals surface area contributed by atoms with Crippen LogP contribution >= 0.6 is 0 Å². The highest BCUT2D eigenvalue weighted by Gasteiger charge is 2.09. The Labute approximate surface area is 94.1 Å². The summed E-state index contributed by atoms with van der Waals surface area (Å²) in [5.74, 6) is 0.844. The maximum absolute atomic E-state index is 5.48. The molecule has 0 amide bonds. The molecule has 1 aliphatic heterocycles. The number of rotatable bonds is 7. The number of unbranched alkanes of at least 4 members (excludes halogenated alkanes) is 1. The lowest BCUT2D eigenvalue weighted by molar-refractivity contribution is 0.122. The normalized spacial score (nSPS) is 20.6. The molecule has 1 aliphatic rings. The molecule has 0 fully saturated rings. The first-order valence-corrected chi connectivity index (χ1v) is 6.30. The van der Waals surface area contributed by atoms with E-state index in [0.717, 1.165) is 25.4 Å². The smallest absolute Gasteiger partial charge is 0.110 e. The standard InChI is InChI=1S/C13H25NO/c1-12(2)7-3-5-9-14-11-13-8-4-6-10-15-13/h6,10,12-14H,3-5,7-9,11H2,1-2H3. The minimum absolute atomic E-state index is 0.403. The number of hydrogen-bond donors (Lipinski definition) is 1. The van der Waals surface area contributed by atoms with Crippen LogP contribution in [-0.4, -0.2) is 19.2 Å². The van der Waals surface area contributed by atoms with Crippen molar-refractivity contribution in [1.82, 2.24) is 5.32 Å². The maximum atomic E-state index is 5.48. The Hall–Kier alpha value is -0.500. The van der Waals surface area contributed by atoms with Gasteiger partial charge in [-0.25, -0.2) is 0 Å². The van der Waals surface area contributed by atoms with Crippen LogP contribution in [0, 0.1) is 5.92 Å². The molecule has 0 aromatic rings. The van der Waals surface area contributed by atoms with Crippen LogP contribution in [0.1, 0.15) is 46.0 Å². The minimum Gasteiger partial charge on any atom is -0.497 e. The lowest BCUT2D eigenvalue weighted by Gasteiger charge is -2.19. The molecule has 0 aromatic carbocycles. The van der Waals surface area contributed by atoms with Gasteiger partial charge in [-0.15, -0.1) is 0 Å². The van der Waals surface area contributed by atoms with Crippen molar-refractivity contribution in [3.8, 4) is 0 Å². The van der Waals surface area contributed by atoms with Crippen molar-refractivity contribution in [2.75, 3.05) is 13.1 Å². The molecule has 88 valence electrons. The molecule has 0 radical (unpaired) electrons. The number of ether oxygens (including phenoxy) is 1. The Morgan fingerprint density at radius 1 is 1.40 bits per heavy atom. The molecule has 1 heterocycles. The van der Waals surface area contributed by atoms with Crippen LogP contribution in [-0.2, 0) is 4.74 Å². The Kier molecular flexibility index (Phi) is 6.49. The number of hydrogen-bond acceptors (Lipinski definition) is 2. The molecule has 2 heteroatoms. The Morgan fingerprint density at radius 3 is 2.93 bits per heavy atom. The van der Waals surface area contributed by atoms with Gasteiger partial charge in [0, 0.05) is 6.54 Å². The second-order valence-corrected chi connectivity index (χ2v) is 4.80. The van der Waals surface area contributed by atoms with E-state index in [1.54, 1.807) is 0 Å². The van der Waals surface area contributed by atoms with Crippen molar-refractivity contribution in [2.45, 2.75) is 52.1 Å². The summed E-state index contributed by atoms with van der Waals surface area (Å²) in [4.78, 5) is 0. The van der Waals surface area contributed by atoms with Gasteiger partial charge in [-0.05, 0) is 37.8 Å². The quantitative estimate of drug-likeness (QED) is 0.653. The topological polar surface area (TPSA) is 21.3 Å². The summed E-state index contributed by atoms with van der Waals surface area (Å²) in [5.41, 5.74) is 0. The van der Waals surface area contributed by atoms with E-state index in [9.17, 15) is 0 Å². The second-order valence-electron chi connectivity index (χ2n) is 4.80. The average Bonchev–Trinajstić information content (AvgIpc) is 2.24. The first-order chi connectivity index (χ1) is 7.29. The van der Waals surface area contributed by atoms with Crippen molar-refractivity contribution in [1.29, 1.82) is 0 Å². The molecule has 0 spiro atoms. The Balaban J connectivity index is 1.86. The summed E-state index contributed by atoms with van der Waals surface area (Å²) >= 11 is 0. The Morgan fingerprint density at radius 2 is 2.27 bits per heavy atom. The molecule has 1 rings (SSSR count). The zero-order valence-corrected chi connectivity index (χ0v) is 10.2. The third-order valence-electron chi connectivity index (χ3n) is 2.78. The summed E-state index contributed by atoms with van der Waals surface area (Å²) in [6.07, 6.45) is 10.7. The van der Waals surface area contributed by atoms with Crippen LogP contribution in [0.2, 0.25) is 0 Å². The van der Waals surface area contributed by atoms with Crippen molar-refractivity contribution in [3.63, 3.8) is 0 Å². The highest BCUT2D eigenvalue weighted by atomic mass is 16.5. The van der Waals surface area contributed by atoms with E-state index in [1.807, 2.05) is 6.26 Å². The van der Waals surface area contributed by atoms with Gasteiger partial charge in [-0.3, -0.25) is 0 Å². The van der Waals surface area contributed by atoms with Crippen LogP contribution < -0.4 is 5.32 Å². The molecule has 2 nitrogen and oxygen atoms in total. The third kappa shape index (κ3) is 6.56. The monoisotopic (exact) mass is 211 g/mol. The van der Waals surface area contributed by atoms with Gasteiger partial charge in [0.1, 0.15) is 6.10 Å². The van der Waals surface area contributed by atoms with Gasteiger partial charge in [0.05, 0.1) is 6.26 Å². The largest absolute Gasteiger partial charge is 0.497 e. The third-order valence-corrected chi connectivity index (χ3v) is 2.78. The van der Waals surface area contributed by atoms with Crippen LogP contribution in [0.3, 0.4) is 0 Å². The predicted molar refractivity (Wildman–Crippen MR) is 64.8 cm³/mol. The van der Waals surface area contributed by atoms with Gasteiger partial charge in [0.15, 0.2) is 0 Å². The molecule has 1 atom stereocenters. The zero-order chi connectivity index (χ0) is 10.9. The van der Waals surface area contributed by atoms with E-state index in [2.05, 4.69) is 25.2 Å². The van der Waals surface area contributed by atoms with Crippen LogP contribution in [0.15, 0.2) is 12.3 Å². The molecule has 0 aromatic heterocycles. The minimum atomic E-state index is 0.403. The molecule has 0 saturated carbocycles. The average molecular weight is 211 g/mol. The second kappa shape index (κ2) is 7.75. The molecule has 0 aliphatic carbocycles. The maximum Gasteiger partial charge on any atom is 0.110 e. The molecule has 1 N–H and O–H groups in total. The summed E-state index contributed by atoms with van der Waals surface area (Å²) in [6, 6.07) is 0. The van der Waals surface area contributed by atoms with Crippen molar-refractivity contribution in [3.05, 3.63) is 12.3 Å². The lowest BCUT2D eigenvalue weighted by Crippen LogP contribution is -2.29. The van der Waals surface area contributed by atoms with Crippen molar-refractivity contribution < 1.29 is 4.74 Å². The fourth-order valence-corrected chi connectivity index (χ4v) is 1.80. The number of nitrogens with one attached hydrogen (secondary N) is 1. The van der Waals surface area contributed by atoms with Crippen LogP contribution in [0.5, 0.6) is 0 Å². The van der Waals surface area contributed by atoms with Crippen LogP contribution in [0.4, 0.5) is 0 Å². The van der Waals surface area contributed by atoms with E-state index in [1.165, 1.54) is 25.7 Å². The predicted octanol–water partition coefficient (Wildman–Crippen LogP) is 3.10. The van der Waals surface area contributed by atoms with E-state index in [-0.39, 0.29) is 0 Å². The molecule has 0 bridgehead atoms. The van der Waals surface area contributed by atoms with Gasteiger partial charge in [0.25, 0.3) is 0 Å². The van der Waals surface area contributed by atoms with Gasteiger partial charge >= 0.3 is 0 Å². The summed E-state index contributed by atoms with van der Waals surface area (Å²) in [6.45, 7) is 6.72. The summed E-state index contributed by atoms with van der Waals surface area (Å²) in [5, 5.41) is 3.47. The molecular formula is C13H25NO. The first kappa shape index (κ1) is 12.6. The van der Waals surface area contributed by atoms with E-state index in [0.29, 0.717) is 6.10 Å². The van der Waals surface area contributed by atoms with Gasteiger partial charge in [-0.1, -0.05) is 26.7 Å². The molecule has 0 saturated heterocycles. The van der Waals surface area contributed by atoms with E-state index < -0.39 is 0 Å². The fraction of sp³-hybridized carbons (Fsp3) is 0.846. The van der Waals surface area contributed by atoms with Gasteiger partial charge in [0.2, 0.25) is 0 Å². The summed E-state index contributed by atoms with van der Waals surface area (Å²) < 4.78 is 5.48. The lowest BCUT2D eigenvalue weighted by atomic mass is 10.1. The fourth-order valence-electron chi connectivity index (χ4n) is 1.80. The van der Waals surface area contributed by atoms with E-state index >= 15 is 0 Å². The van der Waals surface area contributed by atoms with Crippen molar-refractivity contribution in [2.24, 2.45) is 5.92 Å². The van der Waals surface area contributed by atoms with Crippen molar-refractivity contribution >= 4 is 0 Å². The van der Waals surface area contributed by atoms with E-state index in [4.69, 9.17) is 4.74 Å². The molecule has 15 heavy (non-hydrogen) atoms.